The third kappa shape index (κ3) is 2.28. The molecular formula is C20H21BrO2. The third-order valence-electron chi connectivity index (χ3n) is 4.77. The Balaban J connectivity index is 2.07. The Hall–Kier alpha value is -1.48. The number of ether oxygens (including phenoxy) is 2. The molecule has 0 saturated heterocycles. The molecule has 23 heavy (non-hydrogen) atoms. The summed E-state index contributed by atoms with van der Waals surface area (Å²) in [5.74, 6) is 1.96. The van der Waals surface area contributed by atoms with E-state index in [0.29, 0.717) is 0 Å². The van der Waals surface area contributed by atoms with Crippen molar-refractivity contribution >= 4 is 32.8 Å². The molecule has 2 heterocycles. The molecule has 2 aliphatic rings. The van der Waals surface area contributed by atoms with Crippen LogP contribution in [-0.4, -0.2) is 16.0 Å². The van der Waals surface area contributed by atoms with E-state index in [1.165, 1.54) is 21.9 Å². The van der Waals surface area contributed by atoms with Crippen LogP contribution in [0.1, 0.15) is 38.8 Å². The van der Waals surface area contributed by atoms with E-state index in [1.54, 1.807) is 0 Å². The van der Waals surface area contributed by atoms with Crippen molar-refractivity contribution in [2.45, 2.75) is 50.1 Å². The van der Waals surface area contributed by atoms with Gasteiger partial charge in [-0.05, 0) is 45.6 Å². The standard InChI is InChI=1S/C20H21BrO2/c1-19(2)10-9-14-12-7-5-6-8-13(12)18-15(17(14)22-19)11-16(21)20(3,4)23-18/h5-10,16H,11H2,1-4H3/t16-/m0/s1. The predicted molar refractivity (Wildman–Crippen MR) is 98.8 cm³/mol. The van der Waals surface area contributed by atoms with Gasteiger partial charge in [0.1, 0.15) is 22.7 Å². The largest absolute Gasteiger partial charge is 0.486 e. The van der Waals surface area contributed by atoms with Crippen LogP contribution < -0.4 is 9.47 Å². The van der Waals surface area contributed by atoms with Gasteiger partial charge in [-0.25, -0.2) is 0 Å². The minimum absolute atomic E-state index is 0.246. The van der Waals surface area contributed by atoms with Gasteiger partial charge in [-0.3, -0.25) is 0 Å². The van der Waals surface area contributed by atoms with Gasteiger partial charge in [0, 0.05) is 16.5 Å². The average Bonchev–Trinajstić information content (AvgIpc) is 2.48. The molecule has 1 atom stereocenters. The molecule has 0 aromatic heterocycles. The second-order valence-electron chi connectivity index (χ2n) is 7.51. The Morgan fingerprint density at radius 2 is 1.70 bits per heavy atom. The van der Waals surface area contributed by atoms with E-state index in [9.17, 15) is 0 Å². The third-order valence-corrected chi connectivity index (χ3v) is 6.20. The van der Waals surface area contributed by atoms with Crippen LogP contribution in [0.5, 0.6) is 11.5 Å². The fourth-order valence-corrected chi connectivity index (χ4v) is 3.80. The van der Waals surface area contributed by atoms with Gasteiger partial charge < -0.3 is 9.47 Å². The molecule has 2 nitrogen and oxygen atoms in total. The maximum atomic E-state index is 6.43. The SMILES string of the molecule is CC1(C)C=Cc2c(c3c(c4ccccc24)OC(C)(C)[C@@H](Br)C3)O1. The van der Waals surface area contributed by atoms with Crippen LogP contribution in [0.15, 0.2) is 30.3 Å². The molecule has 120 valence electrons. The van der Waals surface area contributed by atoms with E-state index < -0.39 is 0 Å². The first kappa shape index (κ1) is 15.1. The summed E-state index contributed by atoms with van der Waals surface area (Å²) in [5.41, 5.74) is 1.81. The van der Waals surface area contributed by atoms with Crippen molar-refractivity contribution in [1.29, 1.82) is 0 Å². The summed E-state index contributed by atoms with van der Waals surface area (Å²) in [6.45, 7) is 8.45. The van der Waals surface area contributed by atoms with Crippen molar-refractivity contribution in [2.75, 3.05) is 0 Å². The molecule has 0 radical (unpaired) electrons. The second kappa shape index (κ2) is 4.76. The molecule has 4 rings (SSSR count). The average molecular weight is 373 g/mol. The molecule has 0 N–H and O–H groups in total. The van der Waals surface area contributed by atoms with E-state index >= 15 is 0 Å². The first-order chi connectivity index (χ1) is 10.8. The summed E-state index contributed by atoms with van der Waals surface area (Å²) in [5, 5.41) is 2.36. The second-order valence-corrected chi connectivity index (χ2v) is 8.62. The highest BCUT2D eigenvalue weighted by Gasteiger charge is 2.39. The summed E-state index contributed by atoms with van der Waals surface area (Å²) >= 11 is 3.80. The van der Waals surface area contributed by atoms with Crippen LogP contribution in [0.3, 0.4) is 0 Å². The van der Waals surface area contributed by atoms with E-state index in [2.05, 4.69) is 80.0 Å². The highest BCUT2D eigenvalue weighted by Crippen LogP contribution is 2.50. The molecule has 2 aromatic rings. The topological polar surface area (TPSA) is 18.5 Å². The molecule has 0 spiro atoms. The number of hydrogen-bond acceptors (Lipinski definition) is 2. The maximum Gasteiger partial charge on any atom is 0.135 e. The lowest BCUT2D eigenvalue weighted by Gasteiger charge is -2.40. The van der Waals surface area contributed by atoms with E-state index in [-0.39, 0.29) is 16.0 Å². The highest BCUT2D eigenvalue weighted by atomic mass is 79.9. The van der Waals surface area contributed by atoms with Crippen LogP contribution >= 0.6 is 15.9 Å². The first-order valence-electron chi connectivity index (χ1n) is 8.07. The minimum Gasteiger partial charge on any atom is -0.486 e. The van der Waals surface area contributed by atoms with Crippen molar-refractivity contribution in [2.24, 2.45) is 0 Å². The van der Waals surface area contributed by atoms with E-state index in [1.807, 2.05) is 0 Å². The Labute approximate surface area is 145 Å². The fourth-order valence-electron chi connectivity index (χ4n) is 3.38. The zero-order valence-electron chi connectivity index (χ0n) is 13.9. The monoisotopic (exact) mass is 372 g/mol. The molecule has 0 bridgehead atoms. The molecule has 0 fully saturated rings. The lowest BCUT2D eigenvalue weighted by molar-refractivity contribution is 0.0913. The Morgan fingerprint density at radius 1 is 1.00 bits per heavy atom. The van der Waals surface area contributed by atoms with Gasteiger partial charge >= 0.3 is 0 Å². The van der Waals surface area contributed by atoms with E-state index in [4.69, 9.17) is 9.47 Å². The van der Waals surface area contributed by atoms with Crippen molar-refractivity contribution in [3.05, 3.63) is 41.5 Å². The van der Waals surface area contributed by atoms with Crippen molar-refractivity contribution in [3.8, 4) is 11.5 Å². The number of alkyl halides is 1. The van der Waals surface area contributed by atoms with Crippen LogP contribution in [0.4, 0.5) is 0 Å². The van der Waals surface area contributed by atoms with Gasteiger partial charge in [0.15, 0.2) is 0 Å². The molecule has 0 saturated carbocycles. The van der Waals surface area contributed by atoms with Crippen molar-refractivity contribution in [3.63, 3.8) is 0 Å². The molecular weight excluding hydrogens is 352 g/mol. The highest BCUT2D eigenvalue weighted by molar-refractivity contribution is 9.09. The number of benzene rings is 2. The number of halogens is 1. The molecule has 0 amide bonds. The van der Waals surface area contributed by atoms with Crippen LogP contribution in [-0.2, 0) is 6.42 Å². The zero-order chi connectivity index (χ0) is 16.4. The smallest absolute Gasteiger partial charge is 0.135 e. The number of hydrogen-bond donors (Lipinski definition) is 0. The minimum atomic E-state index is -0.294. The summed E-state index contributed by atoms with van der Waals surface area (Å²) in [4.78, 5) is 0.255. The molecule has 0 aliphatic carbocycles. The lowest BCUT2D eigenvalue weighted by atomic mass is 9.87. The van der Waals surface area contributed by atoms with Gasteiger partial charge in [0.25, 0.3) is 0 Å². The fraction of sp³-hybridized carbons (Fsp3) is 0.400. The Morgan fingerprint density at radius 3 is 2.43 bits per heavy atom. The Bertz CT molecular complexity index is 833. The number of rotatable bonds is 0. The zero-order valence-corrected chi connectivity index (χ0v) is 15.5. The maximum absolute atomic E-state index is 6.43. The summed E-state index contributed by atoms with van der Waals surface area (Å²) < 4.78 is 12.8. The number of fused-ring (bicyclic) bond motifs is 6. The first-order valence-corrected chi connectivity index (χ1v) is 8.99. The van der Waals surface area contributed by atoms with Crippen LogP contribution in [0.2, 0.25) is 0 Å². The van der Waals surface area contributed by atoms with Crippen LogP contribution in [0, 0.1) is 0 Å². The van der Waals surface area contributed by atoms with Crippen LogP contribution in [0.25, 0.3) is 16.8 Å². The van der Waals surface area contributed by atoms with Gasteiger partial charge in [-0.2, -0.15) is 0 Å². The lowest BCUT2D eigenvalue weighted by Crippen LogP contribution is -2.43. The van der Waals surface area contributed by atoms with Gasteiger partial charge in [0.2, 0.25) is 0 Å². The predicted octanol–water partition coefficient (Wildman–Crippen LogP) is 5.50. The van der Waals surface area contributed by atoms with Gasteiger partial charge in [-0.15, -0.1) is 0 Å². The normalized spacial score (nSPS) is 23.6. The summed E-state index contributed by atoms with van der Waals surface area (Å²) in [6, 6.07) is 8.44. The molecule has 2 aromatic carbocycles. The quantitative estimate of drug-likeness (QED) is 0.568. The van der Waals surface area contributed by atoms with Crippen molar-refractivity contribution < 1.29 is 9.47 Å². The molecule has 3 heteroatoms. The van der Waals surface area contributed by atoms with Crippen molar-refractivity contribution in [1.82, 2.24) is 0 Å². The van der Waals surface area contributed by atoms with Gasteiger partial charge in [0.05, 0.1) is 4.83 Å². The molecule has 2 aliphatic heterocycles. The molecule has 0 unspecified atom stereocenters. The van der Waals surface area contributed by atoms with E-state index in [0.717, 1.165) is 17.9 Å². The summed E-state index contributed by atoms with van der Waals surface area (Å²) in [7, 11) is 0. The van der Waals surface area contributed by atoms with Gasteiger partial charge in [-0.1, -0.05) is 46.3 Å². The summed E-state index contributed by atoms with van der Waals surface area (Å²) in [6.07, 6.45) is 5.23. The Kier molecular flexibility index (Phi) is 3.12.